The van der Waals surface area contributed by atoms with Crippen molar-refractivity contribution in [2.75, 3.05) is 74.6 Å². The van der Waals surface area contributed by atoms with E-state index in [1.165, 1.54) is 180 Å². The third-order valence-corrected chi connectivity index (χ3v) is 14.6. The van der Waals surface area contributed by atoms with E-state index in [1.807, 2.05) is 20.8 Å². The summed E-state index contributed by atoms with van der Waals surface area (Å²) in [6.07, 6.45) is 48.6. The maximum Gasteiger partial charge on any atom is 0.306 e. The lowest BCUT2D eigenvalue weighted by molar-refractivity contribution is -0.145. The van der Waals surface area contributed by atoms with Gasteiger partial charge in [0, 0.05) is 79.1 Å². The molecule has 0 aliphatic heterocycles. The summed E-state index contributed by atoms with van der Waals surface area (Å²) in [5.41, 5.74) is 0. The van der Waals surface area contributed by atoms with Crippen molar-refractivity contribution in [3.05, 3.63) is 0 Å². The second kappa shape index (κ2) is 128. The maximum absolute atomic E-state index is 11.3. The first-order chi connectivity index (χ1) is 46.2. The molecule has 0 fully saturated rings. The number of hydrogen-bond donors (Lipinski definition) is 0. The zero-order valence-electron chi connectivity index (χ0n) is 69.4. The fourth-order valence-electron chi connectivity index (χ4n) is 7.26. The Kier molecular flexibility index (Phi) is 160. The van der Waals surface area contributed by atoms with Crippen LogP contribution < -0.4 is 0 Å². The van der Waals surface area contributed by atoms with Gasteiger partial charge in [0.25, 0.3) is 6.47 Å². The highest BCUT2D eigenvalue weighted by molar-refractivity contribution is 5.77. The first-order valence-electron chi connectivity index (χ1n) is 39.5. The van der Waals surface area contributed by atoms with E-state index < -0.39 is 0 Å². The number of ether oxygens (including phenoxy) is 6. The van der Waals surface area contributed by atoms with Crippen molar-refractivity contribution >= 4 is 43.1 Å². The molecule has 0 saturated heterocycles. The third kappa shape index (κ3) is 164. The molecule has 0 rings (SSSR count). The first kappa shape index (κ1) is 120. The molecule has 0 heterocycles. The van der Waals surface area contributed by atoms with E-state index in [0.717, 1.165) is 96.5 Å². The van der Waals surface area contributed by atoms with Crippen molar-refractivity contribution in [2.45, 2.75) is 402 Å². The van der Waals surface area contributed by atoms with Gasteiger partial charge in [-0.2, -0.15) is 0 Å². The average Bonchev–Trinajstić information content (AvgIpc) is 1.77. The number of hydrogen-bond acceptors (Lipinski definition) is 14. The van der Waals surface area contributed by atoms with Crippen molar-refractivity contribution in [1.82, 2.24) is 4.90 Å². The molecule has 0 amide bonds. The van der Waals surface area contributed by atoms with Gasteiger partial charge < -0.3 is 47.7 Å². The van der Waals surface area contributed by atoms with E-state index in [-0.39, 0.29) is 11.9 Å². The smallest absolute Gasteiger partial charge is 0.306 e. The van der Waals surface area contributed by atoms with Crippen LogP contribution in [0.25, 0.3) is 0 Å². The molecule has 0 aromatic carbocycles. The Hall–Kier alpha value is -3.07. The van der Waals surface area contributed by atoms with Gasteiger partial charge in [0.05, 0.1) is 26.4 Å². The number of carbonyl (C=O) groups is 7. The number of unbranched alkanes of at least 4 members (excludes halogenated alkanes) is 21. The van der Waals surface area contributed by atoms with E-state index in [4.69, 9.17) is 28.5 Å². The summed E-state index contributed by atoms with van der Waals surface area (Å²) >= 11 is 0. The Morgan fingerprint density at radius 3 is 1.06 bits per heavy atom. The number of rotatable bonds is 50. The molecule has 0 spiro atoms. The molecule has 0 aromatic rings. The molecule has 586 valence electrons. The van der Waals surface area contributed by atoms with E-state index in [0.29, 0.717) is 81.6 Å². The minimum atomic E-state index is -0.0895. The number of likely N-dealkylation sites (N-methyl/N-ethyl adjacent to an activating group) is 1. The molecule has 4 unspecified atom stereocenters. The van der Waals surface area contributed by atoms with Crippen LogP contribution in [0.2, 0.25) is 0 Å². The normalized spacial score (nSPS) is 10.7. The minimum absolute atomic E-state index is 0.0251. The number of aldehydes is 3. The summed E-state index contributed by atoms with van der Waals surface area (Å²) in [5.74, 6) is 1.98. The zero-order valence-corrected chi connectivity index (χ0v) is 69.4. The molecule has 0 radical (unpaired) electrons. The summed E-state index contributed by atoms with van der Waals surface area (Å²) in [7, 11) is 7.50. The quantitative estimate of drug-likeness (QED) is 0.0243. The van der Waals surface area contributed by atoms with Crippen molar-refractivity contribution in [2.24, 2.45) is 17.8 Å². The Morgan fingerprint density at radius 2 is 0.781 bits per heavy atom. The van der Waals surface area contributed by atoms with Crippen molar-refractivity contribution in [3.8, 4) is 0 Å². The monoisotopic (exact) mass is 1380 g/mol. The number of Topliss-reactive ketones (excluding diaryl/α,β-unsaturated/α-hetero) is 1. The average molecular weight is 1380 g/mol. The summed E-state index contributed by atoms with van der Waals surface area (Å²) in [6, 6.07) is 0.599. The molecule has 4 atom stereocenters. The fourth-order valence-corrected chi connectivity index (χ4v) is 7.26. The molecule has 0 N–H and O–H groups in total. The molecule has 0 saturated carbocycles. The second-order valence-electron chi connectivity index (χ2n) is 24.5. The van der Waals surface area contributed by atoms with Gasteiger partial charge in [0.1, 0.15) is 24.6 Å². The molecule has 96 heavy (non-hydrogen) atoms. The van der Waals surface area contributed by atoms with E-state index in [1.54, 1.807) is 28.3 Å². The Balaban J connectivity index is -0.0000000823. The van der Waals surface area contributed by atoms with Crippen LogP contribution in [0.1, 0.15) is 396 Å². The number of ketones is 1. The molecule has 14 nitrogen and oxygen atoms in total. The van der Waals surface area contributed by atoms with Crippen molar-refractivity contribution in [1.29, 1.82) is 0 Å². The number of carbonyl (C=O) groups excluding carboxylic acids is 7. The lowest BCUT2D eigenvalue weighted by Crippen LogP contribution is -2.35. The van der Waals surface area contributed by atoms with E-state index in [9.17, 15) is 28.8 Å². The topological polar surface area (TPSA) is 178 Å². The molecule has 0 aliphatic rings. The fraction of sp³-hybridized carbons (Fsp3) is 0.915. The highest BCUT2D eigenvalue weighted by Crippen LogP contribution is 2.11. The van der Waals surface area contributed by atoms with Crippen LogP contribution in [-0.4, -0.2) is 129 Å². The Bertz CT molecular complexity index is 1290. The van der Waals surface area contributed by atoms with Crippen LogP contribution in [-0.2, 0) is 62.0 Å². The lowest BCUT2D eigenvalue weighted by Gasteiger charge is -2.26. The molecular formula is C82H175NO13. The third-order valence-electron chi connectivity index (χ3n) is 14.6. The number of esters is 2. The summed E-state index contributed by atoms with van der Waals surface area (Å²) < 4.78 is 29.3. The lowest BCUT2D eigenvalue weighted by atomic mass is 10.1. The van der Waals surface area contributed by atoms with Gasteiger partial charge in [-0.15, -0.1) is 0 Å². The van der Waals surface area contributed by atoms with Gasteiger partial charge >= 0.3 is 11.9 Å². The van der Waals surface area contributed by atoms with Crippen LogP contribution in [0, 0.1) is 17.8 Å². The Morgan fingerprint density at radius 1 is 0.417 bits per heavy atom. The van der Waals surface area contributed by atoms with Crippen LogP contribution in [0.3, 0.4) is 0 Å². The summed E-state index contributed by atoms with van der Waals surface area (Å²) in [6.45, 7) is 49.4. The minimum Gasteiger partial charge on any atom is -0.468 e. The van der Waals surface area contributed by atoms with Gasteiger partial charge in [0.2, 0.25) is 0 Å². The first-order valence-corrected chi connectivity index (χ1v) is 39.5. The van der Waals surface area contributed by atoms with E-state index >= 15 is 0 Å². The van der Waals surface area contributed by atoms with Crippen LogP contribution >= 0.6 is 0 Å². The zero-order chi connectivity index (χ0) is 76.2. The van der Waals surface area contributed by atoms with Gasteiger partial charge in [-0.1, -0.05) is 298 Å². The molecule has 0 aromatic heterocycles. The summed E-state index contributed by atoms with van der Waals surface area (Å²) in [5, 5.41) is 0. The molecule has 0 bridgehead atoms. The van der Waals surface area contributed by atoms with Crippen molar-refractivity contribution < 1.29 is 62.0 Å². The van der Waals surface area contributed by atoms with Crippen LogP contribution in [0.5, 0.6) is 0 Å². The summed E-state index contributed by atoms with van der Waals surface area (Å²) in [4.78, 5) is 71.9. The number of nitrogens with zero attached hydrogens (tertiary/aromatic N) is 1. The predicted molar refractivity (Wildman–Crippen MR) is 419 cm³/mol. The van der Waals surface area contributed by atoms with Crippen LogP contribution in [0.15, 0.2) is 0 Å². The van der Waals surface area contributed by atoms with E-state index in [2.05, 4.69) is 127 Å². The van der Waals surface area contributed by atoms with Gasteiger partial charge in [-0.05, 0) is 90.1 Å². The van der Waals surface area contributed by atoms with Crippen molar-refractivity contribution in [3.63, 3.8) is 0 Å². The van der Waals surface area contributed by atoms with Gasteiger partial charge in [-0.3, -0.25) is 19.2 Å². The second-order valence-corrected chi connectivity index (χ2v) is 24.5. The van der Waals surface area contributed by atoms with Crippen LogP contribution in [0.4, 0.5) is 0 Å². The molecular weight excluding hydrogens is 1210 g/mol. The maximum atomic E-state index is 11.3. The largest absolute Gasteiger partial charge is 0.468 e. The van der Waals surface area contributed by atoms with Gasteiger partial charge in [-0.25, -0.2) is 0 Å². The Labute approximate surface area is 601 Å². The highest BCUT2D eigenvalue weighted by Gasteiger charge is 2.11. The van der Waals surface area contributed by atoms with Gasteiger partial charge in [0.15, 0.2) is 0 Å². The number of methoxy groups -OCH3 is 3. The standard InChI is InChI=1S/C14H28O2.C10H23NO.C9H18O2.2C9H20O.C7H14O.C7H16.C6H12O.C3H6O2.C3H6O.C3H8.C2H4O/c1-4-6-7-8-9-10-11-16-14(15)12-13(3)5-2;1-5-7-8-11(3)10(6-2)9-12-4;1-4-8(3)6-7-11-9(10)5-2;2*1-3-4-5-6-7-8-9-10-2;1-3-5-6-7(8)4-2;1-3-5-7-6-4-2;1-3-6(2)4-5-7;1-2-5-3-4;1-2-3-4;1-3-2;1-2-3/h13H,4-12H2,1-3H3;10H,5-9H2,1-4H3;8H,4-7H2,1-3H3;2*3-9H2,1-2H3;3-6H2,1-2H3;3-7H2,1-2H3;5-6H,3-4H2,1-2H3;3H,2H2,1H3;3H,2H2,1H3;3H2,1-2H3;2H,1H3. The molecule has 0 aliphatic carbocycles. The predicted octanol–water partition coefficient (Wildman–Crippen LogP) is 24.0. The highest BCUT2D eigenvalue weighted by atomic mass is 16.5. The molecule has 14 heteroatoms. The SMILES string of the molecule is CC=O.CCC.CCC(=O)OCCC(C)CC.CCC(C)CC=O.CCC=O.CCCCC(=O)CC.CCCCCCC.CCCCCCCCOC.CCCCCCCCOC.CCCCCCCCOC(=O)CC(C)CC.CCCCN(C)C(CC)COC.CCOC=O.